The van der Waals surface area contributed by atoms with E-state index in [4.69, 9.17) is 9.47 Å². The first-order chi connectivity index (χ1) is 13.3. The van der Waals surface area contributed by atoms with E-state index < -0.39 is 23.7 Å². The van der Waals surface area contributed by atoms with Gasteiger partial charge in [0.15, 0.2) is 11.6 Å². The normalized spacial score (nSPS) is 13.2. The van der Waals surface area contributed by atoms with E-state index in [-0.39, 0.29) is 19.2 Å². The summed E-state index contributed by atoms with van der Waals surface area (Å²) in [6.45, 7) is 4.21. The van der Waals surface area contributed by atoms with Gasteiger partial charge in [-0.05, 0) is 62.9 Å². The van der Waals surface area contributed by atoms with Crippen LogP contribution in [0, 0.1) is 11.6 Å². The first kappa shape index (κ1) is 21.8. The molecule has 152 valence electrons. The lowest BCUT2D eigenvalue weighted by molar-refractivity contribution is 0.0525. The van der Waals surface area contributed by atoms with Crippen LogP contribution in [-0.2, 0) is 4.74 Å². The number of benzene rings is 2. The summed E-state index contributed by atoms with van der Waals surface area (Å²) in [4.78, 5) is 13.4. The second-order valence-corrected chi connectivity index (χ2v) is 6.50. The van der Waals surface area contributed by atoms with Gasteiger partial charge in [0.05, 0.1) is 12.2 Å². The molecule has 0 aliphatic carbocycles. The van der Waals surface area contributed by atoms with Crippen molar-refractivity contribution < 1.29 is 28.2 Å². The van der Waals surface area contributed by atoms with Crippen LogP contribution >= 0.6 is 0 Å². The molecule has 2 aromatic rings. The average Bonchev–Trinajstić information content (AvgIpc) is 2.68. The summed E-state index contributed by atoms with van der Waals surface area (Å²) < 4.78 is 36.9. The number of nitrogens with zero attached hydrogens (tertiary/aromatic N) is 1. The van der Waals surface area contributed by atoms with E-state index in [1.165, 1.54) is 6.07 Å². The molecular weight excluding hydrogens is 368 g/mol. The molecule has 1 N–H and O–H groups in total. The fourth-order valence-corrected chi connectivity index (χ4v) is 2.66. The van der Waals surface area contributed by atoms with Crippen molar-refractivity contribution in [2.24, 2.45) is 0 Å². The molecule has 2 aromatic carbocycles. The Kier molecular flexibility index (Phi) is 7.90. The minimum Gasteiger partial charge on any atom is -0.491 e. The Balaban J connectivity index is 1.85. The summed E-state index contributed by atoms with van der Waals surface area (Å²) in [6, 6.07) is 10.0. The van der Waals surface area contributed by atoms with Gasteiger partial charge in [-0.15, -0.1) is 0 Å². The number of hydrogen-bond acceptors (Lipinski definition) is 5. The van der Waals surface area contributed by atoms with E-state index in [0.717, 1.165) is 12.1 Å². The van der Waals surface area contributed by atoms with Crippen LogP contribution < -0.4 is 4.74 Å². The van der Waals surface area contributed by atoms with Crippen molar-refractivity contribution in [1.29, 1.82) is 0 Å². The number of rotatable bonds is 9. The van der Waals surface area contributed by atoms with Crippen LogP contribution in [0.3, 0.4) is 0 Å². The van der Waals surface area contributed by atoms with Crippen molar-refractivity contribution >= 4 is 5.97 Å². The molecule has 0 fully saturated rings. The molecule has 0 spiro atoms. The molecule has 0 saturated carbocycles. The summed E-state index contributed by atoms with van der Waals surface area (Å²) in [7, 11) is 1.78. The zero-order chi connectivity index (χ0) is 20.7. The topological polar surface area (TPSA) is 59.0 Å². The van der Waals surface area contributed by atoms with Gasteiger partial charge in [0, 0.05) is 12.6 Å². The van der Waals surface area contributed by atoms with Crippen molar-refractivity contribution in [3.05, 3.63) is 65.2 Å². The highest BCUT2D eigenvalue weighted by atomic mass is 19.2. The molecule has 0 heterocycles. The summed E-state index contributed by atoms with van der Waals surface area (Å²) in [5, 5.41) is 10.2. The number of likely N-dealkylation sites (N-methyl/N-ethyl adjacent to an activating group) is 1. The third kappa shape index (κ3) is 6.00. The zero-order valence-corrected chi connectivity index (χ0v) is 16.2. The standard InChI is InChI=1S/C21H25F2NO4/c1-4-27-21(26)15-5-8-18(9-6-15)28-13-17(25)12-24(3)14(2)16-7-10-19(22)20(23)11-16/h5-11,14,17,25H,4,12-13H2,1-3H3. The second kappa shape index (κ2) is 10.1. The van der Waals surface area contributed by atoms with Crippen LogP contribution in [-0.4, -0.2) is 48.9 Å². The van der Waals surface area contributed by atoms with Gasteiger partial charge in [0.2, 0.25) is 0 Å². The van der Waals surface area contributed by atoms with E-state index in [9.17, 15) is 18.7 Å². The predicted octanol–water partition coefficient (Wildman–Crippen LogP) is 3.57. The lowest BCUT2D eigenvalue weighted by Gasteiger charge is -2.27. The monoisotopic (exact) mass is 393 g/mol. The second-order valence-electron chi connectivity index (χ2n) is 6.50. The number of ether oxygens (including phenoxy) is 2. The molecule has 28 heavy (non-hydrogen) atoms. The molecule has 2 unspecified atom stereocenters. The lowest BCUT2D eigenvalue weighted by atomic mass is 10.1. The Morgan fingerprint density at radius 3 is 2.43 bits per heavy atom. The average molecular weight is 393 g/mol. The number of hydrogen-bond donors (Lipinski definition) is 1. The Hall–Kier alpha value is -2.51. The van der Waals surface area contributed by atoms with Gasteiger partial charge in [0.25, 0.3) is 0 Å². The lowest BCUT2D eigenvalue weighted by Crippen LogP contribution is -2.34. The van der Waals surface area contributed by atoms with Gasteiger partial charge in [0.1, 0.15) is 18.5 Å². The molecule has 2 atom stereocenters. The van der Waals surface area contributed by atoms with E-state index in [2.05, 4.69) is 0 Å². The van der Waals surface area contributed by atoms with Gasteiger partial charge >= 0.3 is 5.97 Å². The maximum Gasteiger partial charge on any atom is 0.338 e. The highest BCUT2D eigenvalue weighted by molar-refractivity contribution is 5.89. The largest absolute Gasteiger partial charge is 0.491 e. The maximum absolute atomic E-state index is 13.4. The Morgan fingerprint density at radius 2 is 1.82 bits per heavy atom. The molecule has 0 aromatic heterocycles. The highest BCUT2D eigenvalue weighted by Gasteiger charge is 2.17. The van der Waals surface area contributed by atoms with Crippen LogP contribution in [0.25, 0.3) is 0 Å². The highest BCUT2D eigenvalue weighted by Crippen LogP contribution is 2.21. The number of carbonyl (C=O) groups is 1. The van der Waals surface area contributed by atoms with E-state index in [1.807, 2.05) is 11.8 Å². The van der Waals surface area contributed by atoms with Crippen molar-refractivity contribution in [2.45, 2.75) is 26.0 Å². The summed E-state index contributed by atoms with van der Waals surface area (Å²) in [6.07, 6.45) is -0.789. The quantitative estimate of drug-likeness (QED) is 0.660. The molecule has 0 amide bonds. The first-order valence-corrected chi connectivity index (χ1v) is 9.05. The van der Waals surface area contributed by atoms with Crippen molar-refractivity contribution in [2.75, 3.05) is 26.8 Å². The Bertz CT molecular complexity index is 782. The minimum atomic E-state index is -0.895. The molecule has 0 bridgehead atoms. The van der Waals surface area contributed by atoms with Crippen LogP contribution in [0.15, 0.2) is 42.5 Å². The van der Waals surface area contributed by atoms with Gasteiger partial charge in [-0.1, -0.05) is 6.07 Å². The third-order valence-corrected chi connectivity index (χ3v) is 4.39. The van der Waals surface area contributed by atoms with Gasteiger partial charge in [-0.25, -0.2) is 13.6 Å². The molecule has 0 radical (unpaired) electrons. The minimum absolute atomic E-state index is 0.0492. The molecule has 0 aliphatic rings. The molecule has 5 nitrogen and oxygen atoms in total. The number of carbonyl (C=O) groups excluding carboxylic acids is 1. The Morgan fingerprint density at radius 1 is 1.14 bits per heavy atom. The van der Waals surface area contributed by atoms with Crippen LogP contribution in [0.2, 0.25) is 0 Å². The van der Waals surface area contributed by atoms with Crippen LogP contribution in [0.4, 0.5) is 8.78 Å². The fraction of sp³-hybridized carbons (Fsp3) is 0.381. The smallest absolute Gasteiger partial charge is 0.338 e. The van der Waals surface area contributed by atoms with Crippen LogP contribution in [0.5, 0.6) is 5.75 Å². The maximum atomic E-state index is 13.4. The molecule has 2 rings (SSSR count). The fourth-order valence-electron chi connectivity index (χ4n) is 2.66. The number of aliphatic hydroxyl groups is 1. The number of halogens is 2. The number of esters is 1. The van der Waals surface area contributed by atoms with Crippen molar-refractivity contribution in [3.63, 3.8) is 0 Å². The van der Waals surface area contributed by atoms with Gasteiger partial charge in [-0.3, -0.25) is 4.90 Å². The number of aliphatic hydroxyl groups excluding tert-OH is 1. The van der Waals surface area contributed by atoms with Gasteiger partial charge < -0.3 is 14.6 Å². The van der Waals surface area contributed by atoms with Gasteiger partial charge in [-0.2, -0.15) is 0 Å². The van der Waals surface area contributed by atoms with Crippen LogP contribution in [0.1, 0.15) is 35.8 Å². The molecule has 7 heteroatoms. The molecular formula is C21H25F2NO4. The summed E-state index contributed by atoms with van der Waals surface area (Å²) >= 11 is 0. The molecule has 0 aliphatic heterocycles. The summed E-state index contributed by atoms with van der Waals surface area (Å²) in [5.41, 5.74) is 1.04. The van der Waals surface area contributed by atoms with Crippen molar-refractivity contribution in [1.82, 2.24) is 4.90 Å². The predicted molar refractivity (Wildman–Crippen MR) is 101 cm³/mol. The Labute approximate surface area is 163 Å². The summed E-state index contributed by atoms with van der Waals surface area (Å²) in [5.74, 6) is -1.67. The molecule has 0 saturated heterocycles. The van der Waals surface area contributed by atoms with E-state index >= 15 is 0 Å². The van der Waals surface area contributed by atoms with E-state index in [1.54, 1.807) is 38.2 Å². The third-order valence-electron chi connectivity index (χ3n) is 4.39. The zero-order valence-electron chi connectivity index (χ0n) is 16.2. The van der Waals surface area contributed by atoms with Crippen molar-refractivity contribution in [3.8, 4) is 5.75 Å². The first-order valence-electron chi connectivity index (χ1n) is 9.05. The van der Waals surface area contributed by atoms with E-state index in [0.29, 0.717) is 23.5 Å². The SMILES string of the molecule is CCOC(=O)c1ccc(OCC(O)CN(C)C(C)c2ccc(F)c(F)c2)cc1.